The van der Waals surface area contributed by atoms with Gasteiger partial charge in [0, 0.05) is 88.3 Å². The number of pyridine rings is 2. The summed E-state index contributed by atoms with van der Waals surface area (Å²) in [6, 6.07) is 37.8. The van der Waals surface area contributed by atoms with Crippen molar-refractivity contribution in [1.82, 2.24) is 19.1 Å². The maximum absolute atomic E-state index is 4.47. The van der Waals surface area contributed by atoms with Gasteiger partial charge < -0.3 is 9.47 Å². The van der Waals surface area contributed by atoms with E-state index in [0.29, 0.717) is 0 Å². The van der Waals surface area contributed by atoms with Gasteiger partial charge in [-0.3, -0.25) is 9.97 Å². The van der Waals surface area contributed by atoms with Gasteiger partial charge in [0.25, 0.3) is 0 Å². The minimum atomic E-state index is 0.0801. The Hall–Kier alpha value is -6.59. The van der Waals surface area contributed by atoms with Gasteiger partial charge in [-0.2, -0.15) is 4.58 Å². The van der Waals surface area contributed by atoms with Crippen LogP contribution in [0.15, 0.2) is 177 Å². The van der Waals surface area contributed by atoms with Crippen LogP contribution in [0.1, 0.15) is 17.5 Å². The van der Waals surface area contributed by atoms with E-state index >= 15 is 0 Å². The average molecular weight is 655 g/mol. The summed E-state index contributed by atoms with van der Waals surface area (Å²) in [5.74, 6) is 0.191. The van der Waals surface area contributed by atoms with Gasteiger partial charge >= 0.3 is 0 Å². The standard InChI is InChI=1S/C46H32N5/c1-2-13-34(14-3-1)49-39-18-6-7-19-40(39)51-42-22-21-41-44(45(42)37-16-8-20-43(49)46(37)51)36-15-4-5-17-38(36)50(41)35-26-32(30-11-9-23-47-28-30)25-33(27-35)31-12-10-24-48-29-31/h1-29,36,38,40H/q+1. The van der Waals surface area contributed by atoms with E-state index in [1.165, 1.54) is 50.1 Å². The Labute approximate surface area is 295 Å². The van der Waals surface area contributed by atoms with Crippen molar-refractivity contribution in [2.24, 2.45) is 0 Å². The second kappa shape index (κ2) is 11.0. The van der Waals surface area contributed by atoms with Crippen molar-refractivity contribution >= 4 is 50.3 Å². The zero-order valence-electron chi connectivity index (χ0n) is 27.7. The van der Waals surface area contributed by atoms with Crippen LogP contribution in [0.5, 0.6) is 0 Å². The molecule has 7 aromatic rings. The van der Waals surface area contributed by atoms with Crippen LogP contribution in [0.3, 0.4) is 0 Å². The van der Waals surface area contributed by atoms with Crippen molar-refractivity contribution in [2.75, 3.05) is 4.90 Å². The van der Waals surface area contributed by atoms with Crippen molar-refractivity contribution in [3.05, 3.63) is 182 Å². The van der Waals surface area contributed by atoms with Gasteiger partial charge in [-0.05, 0) is 59.2 Å². The zero-order valence-corrected chi connectivity index (χ0v) is 27.7. The first-order valence-electron chi connectivity index (χ1n) is 17.6. The third-order valence-electron chi connectivity index (χ3n) is 10.9. The highest BCUT2D eigenvalue weighted by Gasteiger charge is 2.43. The van der Waals surface area contributed by atoms with Crippen LogP contribution in [0.2, 0.25) is 0 Å². The third kappa shape index (κ3) is 4.12. The van der Waals surface area contributed by atoms with Crippen LogP contribution in [-0.4, -0.2) is 26.3 Å². The Morgan fingerprint density at radius 1 is 0.627 bits per heavy atom. The smallest absolute Gasteiger partial charge is 0.235 e. The van der Waals surface area contributed by atoms with Gasteiger partial charge in [-0.25, -0.2) is 0 Å². The van der Waals surface area contributed by atoms with E-state index in [0.717, 1.165) is 27.9 Å². The molecule has 2 aliphatic carbocycles. The van der Waals surface area contributed by atoms with Gasteiger partial charge in [-0.15, -0.1) is 0 Å². The Kier molecular flexibility index (Phi) is 6.07. The molecule has 3 unspecified atom stereocenters. The SMILES string of the molecule is C1=CC2=[N+](c3ccccc3)c3cccc4c5c6c(ccc5n(c34)C2C=C1)N(c1cc(-c2cccnc2)cc(-c2cccnc2)c1)C1C=CC=CC61. The molecule has 0 radical (unpaired) electrons. The fourth-order valence-electron chi connectivity index (χ4n) is 8.89. The number of anilines is 2. The molecule has 0 amide bonds. The minimum absolute atomic E-state index is 0.0801. The molecule has 5 heterocycles. The minimum Gasteiger partial charge on any atom is -0.333 e. The van der Waals surface area contributed by atoms with Gasteiger partial charge in [0.05, 0.1) is 11.6 Å². The van der Waals surface area contributed by atoms with E-state index in [-0.39, 0.29) is 18.0 Å². The van der Waals surface area contributed by atoms with Crippen LogP contribution < -0.4 is 9.48 Å². The average Bonchev–Trinajstić information content (AvgIpc) is 3.73. The molecule has 0 saturated heterocycles. The predicted molar refractivity (Wildman–Crippen MR) is 210 cm³/mol. The summed E-state index contributed by atoms with van der Waals surface area (Å²) in [5.41, 5.74) is 14.4. The van der Waals surface area contributed by atoms with Gasteiger partial charge in [0.1, 0.15) is 11.6 Å². The lowest BCUT2D eigenvalue weighted by molar-refractivity contribution is 0.747. The monoisotopic (exact) mass is 654 g/mol. The van der Waals surface area contributed by atoms with Crippen LogP contribution in [0.25, 0.3) is 44.1 Å². The van der Waals surface area contributed by atoms with Crippen LogP contribution in [-0.2, 0) is 0 Å². The summed E-state index contributed by atoms with van der Waals surface area (Å²) in [5, 5.41) is 2.64. The molecule has 0 saturated carbocycles. The summed E-state index contributed by atoms with van der Waals surface area (Å²) in [4.78, 5) is 11.5. The van der Waals surface area contributed by atoms with Crippen molar-refractivity contribution < 1.29 is 0 Å². The van der Waals surface area contributed by atoms with Gasteiger partial charge in [0.2, 0.25) is 17.1 Å². The number of nitrogens with zero attached hydrogens (tertiary/aromatic N) is 5. The van der Waals surface area contributed by atoms with E-state index in [1.54, 1.807) is 0 Å². The molecule has 51 heavy (non-hydrogen) atoms. The lowest BCUT2D eigenvalue weighted by Gasteiger charge is -2.29. The summed E-state index contributed by atoms with van der Waals surface area (Å²) in [7, 11) is 0. The number of fused-ring (bicyclic) bond motifs is 9. The highest BCUT2D eigenvalue weighted by atomic mass is 15.2. The molecular formula is C46H32N5+. The quantitative estimate of drug-likeness (QED) is 0.177. The van der Waals surface area contributed by atoms with E-state index in [4.69, 9.17) is 0 Å². The molecule has 0 bridgehead atoms. The predicted octanol–water partition coefficient (Wildman–Crippen LogP) is 10.6. The molecule has 0 N–H and O–H groups in total. The molecule has 2 aliphatic heterocycles. The Morgan fingerprint density at radius 3 is 2.16 bits per heavy atom. The highest BCUT2D eigenvalue weighted by molar-refractivity contribution is 6.20. The summed E-state index contributed by atoms with van der Waals surface area (Å²) < 4.78 is 5.03. The van der Waals surface area contributed by atoms with E-state index in [2.05, 4.69) is 164 Å². The number of rotatable bonds is 4. The van der Waals surface area contributed by atoms with Crippen LogP contribution >= 0.6 is 0 Å². The molecule has 0 spiro atoms. The molecule has 5 heteroatoms. The Bertz CT molecular complexity index is 2640. The van der Waals surface area contributed by atoms with Gasteiger partial charge in [-0.1, -0.05) is 85.0 Å². The van der Waals surface area contributed by atoms with E-state index < -0.39 is 0 Å². The zero-order chi connectivity index (χ0) is 33.5. The fourth-order valence-corrected chi connectivity index (χ4v) is 8.89. The van der Waals surface area contributed by atoms with Crippen molar-refractivity contribution in [3.63, 3.8) is 0 Å². The molecule has 4 aliphatic rings. The molecule has 4 aromatic carbocycles. The van der Waals surface area contributed by atoms with E-state index in [1.807, 2.05) is 36.9 Å². The maximum atomic E-state index is 4.47. The second-order valence-corrected chi connectivity index (χ2v) is 13.6. The van der Waals surface area contributed by atoms with Crippen molar-refractivity contribution in [1.29, 1.82) is 0 Å². The van der Waals surface area contributed by atoms with Crippen LogP contribution in [0.4, 0.5) is 22.7 Å². The first-order chi connectivity index (χ1) is 25.3. The molecule has 0 fully saturated rings. The molecule has 3 aromatic heterocycles. The van der Waals surface area contributed by atoms with Crippen LogP contribution in [0, 0.1) is 0 Å². The summed E-state index contributed by atoms with van der Waals surface area (Å²) in [6.07, 6.45) is 25.7. The topological polar surface area (TPSA) is 37.0 Å². The normalized spacial score (nSPS) is 19.5. The fraction of sp³-hybridized carbons (Fsp3) is 0.0652. The lowest BCUT2D eigenvalue weighted by Crippen LogP contribution is -2.30. The maximum Gasteiger partial charge on any atom is 0.235 e. The Morgan fingerprint density at radius 2 is 1.39 bits per heavy atom. The number of para-hydroxylation sites is 2. The third-order valence-corrected chi connectivity index (χ3v) is 10.9. The first kappa shape index (κ1) is 28.3. The molecule has 3 atom stereocenters. The molecule has 5 nitrogen and oxygen atoms in total. The van der Waals surface area contributed by atoms with E-state index in [9.17, 15) is 0 Å². The van der Waals surface area contributed by atoms with Crippen molar-refractivity contribution in [3.8, 4) is 22.3 Å². The molecular weight excluding hydrogens is 623 g/mol. The Balaban J connectivity index is 1.18. The molecule has 240 valence electrons. The largest absolute Gasteiger partial charge is 0.333 e. The number of hydrogen-bond donors (Lipinski definition) is 0. The van der Waals surface area contributed by atoms with Crippen molar-refractivity contribution in [2.45, 2.75) is 18.0 Å². The molecule has 11 rings (SSSR count). The number of aromatic nitrogens is 3. The number of allylic oxidation sites excluding steroid dienone is 6. The number of benzene rings is 4. The summed E-state index contributed by atoms with van der Waals surface area (Å²) >= 11 is 0. The van der Waals surface area contributed by atoms with Gasteiger partial charge in [0.15, 0.2) is 0 Å². The highest BCUT2D eigenvalue weighted by Crippen LogP contribution is 2.54. The second-order valence-electron chi connectivity index (χ2n) is 13.6. The first-order valence-corrected chi connectivity index (χ1v) is 17.6. The summed E-state index contributed by atoms with van der Waals surface area (Å²) in [6.45, 7) is 0. The number of hydrogen-bond acceptors (Lipinski definition) is 3. The lowest BCUT2D eigenvalue weighted by atomic mass is 9.88.